The second kappa shape index (κ2) is 6.58. The van der Waals surface area contributed by atoms with Gasteiger partial charge in [-0.05, 0) is 51.4 Å². The number of likely N-dealkylation sites (N-methyl/N-ethyl adjacent to an activating group) is 1. The number of nitrogens with one attached hydrogen (secondary N) is 2. The monoisotopic (exact) mass is 357 g/mol. The van der Waals surface area contributed by atoms with E-state index < -0.39 is 5.72 Å². The Morgan fingerprint density at radius 2 is 2.15 bits per heavy atom. The van der Waals surface area contributed by atoms with E-state index in [0.717, 1.165) is 25.8 Å². The number of para-hydroxylation sites is 1. The molecule has 4 atom stereocenters. The highest BCUT2D eigenvalue weighted by molar-refractivity contribution is 5.98. The molecule has 1 aromatic rings. The molecule has 0 unspecified atom stereocenters. The molecular formula is C20H27N3O3. The molecule has 3 aliphatic carbocycles. The summed E-state index contributed by atoms with van der Waals surface area (Å²) >= 11 is 0. The number of rotatable bonds is 4. The van der Waals surface area contributed by atoms with Crippen molar-refractivity contribution in [1.29, 1.82) is 0 Å². The molecule has 3 saturated carbocycles. The van der Waals surface area contributed by atoms with Crippen LogP contribution in [0.25, 0.3) is 0 Å². The van der Waals surface area contributed by atoms with Crippen LogP contribution < -0.4 is 15.4 Å². The van der Waals surface area contributed by atoms with E-state index in [1.54, 1.807) is 6.07 Å². The van der Waals surface area contributed by atoms with Gasteiger partial charge in [-0.15, -0.1) is 0 Å². The third-order valence-electron chi connectivity index (χ3n) is 6.16. The van der Waals surface area contributed by atoms with Crippen molar-refractivity contribution in [3.05, 3.63) is 29.8 Å². The average molecular weight is 357 g/mol. The van der Waals surface area contributed by atoms with Crippen LogP contribution in [0.2, 0.25) is 0 Å². The Labute approximate surface area is 154 Å². The Morgan fingerprint density at radius 1 is 1.35 bits per heavy atom. The number of benzene rings is 1. The fourth-order valence-electron chi connectivity index (χ4n) is 4.81. The van der Waals surface area contributed by atoms with E-state index in [9.17, 15) is 9.59 Å². The molecule has 26 heavy (non-hydrogen) atoms. The van der Waals surface area contributed by atoms with Gasteiger partial charge in [-0.1, -0.05) is 12.1 Å². The minimum absolute atomic E-state index is 0.0270. The molecule has 0 aromatic heterocycles. The number of hydrogen-bond donors (Lipinski definition) is 2. The number of fused-ring (bicyclic) bond motifs is 3. The van der Waals surface area contributed by atoms with Crippen LogP contribution in [0.15, 0.2) is 24.3 Å². The van der Waals surface area contributed by atoms with Gasteiger partial charge in [0.2, 0.25) is 5.91 Å². The minimum Gasteiger partial charge on any atom is -0.467 e. The van der Waals surface area contributed by atoms with Gasteiger partial charge in [0, 0.05) is 31.3 Å². The number of nitrogens with zero attached hydrogens (tertiary/aromatic N) is 1. The standard InChI is InChI=1S/C20H27N3O3/c1-23(2)10-9-21-18(24)16-11-14-8-7-13(16)12-20(14)22-19(25)15-5-3-4-6-17(15)26-20/h3-6,13-14,16H,7-12H2,1-2H3,(H,21,24)(H,22,25)/t13-,14+,16+,20+/m0/s1. The van der Waals surface area contributed by atoms with Gasteiger partial charge >= 0.3 is 0 Å². The second-order valence-electron chi connectivity index (χ2n) is 8.12. The maximum Gasteiger partial charge on any atom is 0.258 e. The zero-order valence-corrected chi connectivity index (χ0v) is 15.5. The maximum atomic E-state index is 12.6. The molecule has 1 aromatic carbocycles. The third-order valence-corrected chi connectivity index (χ3v) is 6.16. The molecule has 6 heteroatoms. The van der Waals surface area contributed by atoms with Gasteiger partial charge < -0.3 is 20.3 Å². The number of carbonyl (C=O) groups is 2. The minimum atomic E-state index is -0.644. The lowest BCUT2D eigenvalue weighted by molar-refractivity contribution is -0.146. The summed E-state index contributed by atoms with van der Waals surface area (Å²) in [6, 6.07) is 7.40. The van der Waals surface area contributed by atoms with E-state index >= 15 is 0 Å². The normalized spacial score (nSPS) is 32.1. The highest BCUT2D eigenvalue weighted by Gasteiger charge is 2.57. The zero-order valence-electron chi connectivity index (χ0n) is 15.5. The molecule has 2 bridgehead atoms. The van der Waals surface area contributed by atoms with Crippen molar-refractivity contribution < 1.29 is 14.3 Å². The van der Waals surface area contributed by atoms with Crippen LogP contribution in [0.5, 0.6) is 5.75 Å². The topological polar surface area (TPSA) is 70.7 Å². The number of ether oxygens (including phenoxy) is 1. The molecule has 5 rings (SSSR count). The summed E-state index contributed by atoms with van der Waals surface area (Å²) in [7, 11) is 4.00. The molecule has 0 saturated heterocycles. The van der Waals surface area contributed by atoms with Crippen LogP contribution >= 0.6 is 0 Å². The maximum absolute atomic E-state index is 12.6. The van der Waals surface area contributed by atoms with Crippen molar-refractivity contribution in [2.45, 2.75) is 31.4 Å². The van der Waals surface area contributed by atoms with E-state index in [0.29, 0.717) is 24.3 Å². The summed E-state index contributed by atoms with van der Waals surface area (Å²) < 4.78 is 6.34. The lowest BCUT2D eigenvalue weighted by atomic mass is 9.60. The van der Waals surface area contributed by atoms with E-state index in [1.165, 1.54) is 0 Å². The van der Waals surface area contributed by atoms with Crippen molar-refractivity contribution >= 4 is 11.8 Å². The Hall–Kier alpha value is -2.08. The van der Waals surface area contributed by atoms with E-state index in [-0.39, 0.29) is 29.6 Å². The van der Waals surface area contributed by atoms with E-state index in [1.807, 2.05) is 32.3 Å². The predicted octanol–water partition coefficient (Wildman–Crippen LogP) is 1.62. The first kappa shape index (κ1) is 17.3. The van der Waals surface area contributed by atoms with E-state index in [2.05, 4.69) is 15.5 Å². The van der Waals surface area contributed by atoms with Crippen molar-refractivity contribution in [2.75, 3.05) is 27.2 Å². The summed E-state index contributed by atoms with van der Waals surface area (Å²) in [4.78, 5) is 27.3. The number of hydrogen-bond acceptors (Lipinski definition) is 4. The molecule has 3 fully saturated rings. The highest BCUT2D eigenvalue weighted by atomic mass is 16.5. The summed E-state index contributed by atoms with van der Waals surface area (Å²) in [5.74, 6) is 1.21. The first-order valence-corrected chi connectivity index (χ1v) is 9.51. The van der Waals surface area contributed by atoms with Crippen molar-refractivity contribution in [1.82, 2.24) is 15.5 Å². The smallest absolute Gasteiger partial charge is 0.258 e. The van der Waals surface area contributed by atoms with Gasteiger partial charge in [0.1, 0.15) is 5.75 Å². The molecule has 140 valence electrons. The van der Waals surface area contributed by atoms with Crippen molar-refractivity contribution in [2.24, 2.45) is 17.8 Å². The molecular weight excluding hydrogens is 330 g/mol. The van der Waals surface area contributed by atoms with Crippen LogP contribution in [-0.2, 0) is 4.79 Å². The van der Waals surface area contributed by atoms with Crippen molar-refractivity contribution in [3.63, 3.8) is 0 Å². The summed E-state index contributed by atoms with van der Waals surface area (Å²) in [5, 5.41) is 6.21. The Bertz CT molecular complexity index is 720. The van der Waals surface area contributed by atoms with Gasteiger partial charge in [-0.25, -0.2) is 0 Å². The van der Waals surface area contributed by atoms with E-state index in [4.69, 9.17) is 4.74 Å². The summed E-state index contributed by atoms with van der Waals surface area (Å²) in [6.07, 6.45) is 3.51. The molecule has 2 amide bonds. The van der Waals surface area contributed by atoms with Crippen molar-refractivity contribution in [3.8, 4) is 5.75 Å². The molecule has 1 heterocycles. The molecule has 1 spiro atoms. The van der Waals surface area contributed by atoms with Crippen LogP contribution in [0.1, 0.15) is 36.0 Å². The van der Waals surface area contributed by atoms with Crippen LogP contribution in [0.4, 0.5) is 0 Å². The molecule has 1 aliphatic heterocycles. The fraction of sp³-hybridized carbons (Fsp3) is 0.600. The van der Waals surface area contributed by atoms with Gasteiger partial charge in [-0.2, -0.15) is 0 Å². The summed E-state index contributed by atoms with van der Waals surface area (Å²) in [5.41, 5.74) is -0.0491. The summed E-state index contributed by atoms with van der Waals surface area (Å²) in [6.45, 7) is 1.51. The van der Waals surface area contributed by atoms with Crippen LogP contribution in [0.3, 0.4) is 0 Å². The van der Waals surface area contributed by atoms with Gasteiger partial charge in [0.05, 0.1) is 5.56 Å². The lowest BCUT2D eigenvalue weighted by Gasteiger charge is -2.55. The van der Waals surface area contributed by atoms with Gasteiger partial charge in [0.25, 0.3) is 5.91 Å². The third kappa shape index (κ3) is 2.96. The fourth-order valence-corrected chi connectivity index (χ4v) is 4.81. The Kier molecular flexibility index (Phi) is 4.39. The highest BCUT2D eigenvalue weighted by Crippen LogP contribution is 2.52. The average Bonchev–Trinajstić information content (AvgIpc) is 2.61. The molecule has 4 aliphatic rings. The molecule has 0 radical (unpaired) electrons. The lowest BCUT2D eigenvalue weighted by Crippen LogP contribution is -2.67. The SMILES string of the molecule is CN(C)CCNC(=O)[C@@H]1C[C@H]2CC[C@H]1C[C@]21NC(=O)c2ccccc2O1. The molecule has 6 nitrogen and oxygen atoms in total. The number of carbonyl (C=O) groups excluding carboxylic acids is 2. The van der Waals surface area contributed by atoms with Gasteiger partial charge in [-0.3, -0.25) is 9.59 Å². The molecule has 2 N–H and O–H groups in total. The zero-order chi connectivity index (χ0) is 18.3. The first-order chi connectivity index (χ1) is 12.5. The van der Waals surface area contributed by atoms with Crippen LogP contribution in [0, 0.1) is 17.8 Å². The predicted molar refractivity (Wildman–Crippen MR) is 97.8 cm³/mol. The second-order valence-corrected chi connectivity index (χ2v) is 8.12. The van der Waals surface area contributed by atoms with Gasteiger partial charge in [0.15, 0.2) is 5.72 Å². The Morgan fingerprint density at radius 3 is 2.88 bits per heavy atom. The number of amides is 2. The first-order valence-electron chi connectivity index (χ1n) is 9.51. The quantitative estimate of drug-likeness (QED) is 0.859. The van der Waals surface area contributed by atoms with Crippen LogP contribution in [-0.4, -0.2) is 49.6 Å². The Balaban J connectivity index is 1.47. The largest absolute Gasteiger partial charge is 0.467 e.